The van der Waals surface area contributed by atoms with Crippen LogP contribution in [-0.2, 0) is 5.41 Å². The quantitative estimate of drug-likeness (QED) is 0.0807. The van der Waals surface area contributed by atoms with E-state index < -0.39 is 0 Å². The fourth-order valence-electron chi connectivity index (χ4n) is 18.9. The molecule has 22 rings (SSSR count). The van der Waals surface area contributed by atoms with E-state index in [0.29, 0.717) is 0 Å². The Morgan fingerprint density at radius 1 is 0.215 bits per heavy atom. The molecule has 0 fully saturated rings. The molecule has 2 heterocycles. The molecule has 20 aromatic carbocycles. The van der Waals surface area contributed by atoms with Crippen LogP contribution in [-0.4, -0.2) is 6.71 Å². The van der Waals surface area contributed by atoms with Crippen molar-refractivity contribution < 1.29 is 0 Å². The smallest absolute Gasteiger partial charge is 0.252 e. The van der Waals surface area contributed by atoms with Gasteiger partial charge in [-0.25, -0.2) is 0 Å². The van der Waals surface area contributed by atoms with Crippen LogP contribution in [0, 0.1) is 0 Å². The van der Waals surface area contributed by atoms with Gasteiger partial charge in [-0.1, -0.05) is 360 Å². The topological polar surface area (TPSA) is 6.48 Å². The maximum atomic E-state index is 2.71. The SMILES string of the molecule is CC(C)(C)c1ccc(-c2cc3c4c(c2)N(c2c(-c5ccccc5)cccc2-c2ccccc2)c2cc(-c5ccc6c7cccc8cccc(c9cccc5c96)c87)ccc2B4c2ccc(-c4ccc5c6cccc7cccc(c8cccc4c85)c76)cc2N3c2c(-c3ccccc3)cccc2-c2ccccc2)cc1. The molecule has 2 aliphatic rings. The Bertz CT molecular complexity index is 6410. The number of anilines is 6. The second-order valence-electron chi connectivity index (χ2n) is 30.5. The number of rotatable bonds is 9. The molecular formula is C104H69BN2. The van der Waals surface area contributed by atoms with Crippen LogP contribution >= 0.6 is 0 Å². The van der Waals surface area contributed by atoms with Crippen LogP contribution in [0.15, 0.2) is 364 Å². The molecule has 0 bridgehead atoms. The van der Waals surface area contributed by atoms with Crippen molar-refractivity contribution in [1.29, 1.82) is 0 Å². The van der Waals surface area contributed by atoms with Crippen LogP contribution < -0.4 is 26.2 Å². The Labute approximate surface area is 622 Å². The minimum atomic E-state index is -0.243. The Morgan fingerprint density at radius 2 is 0.523 bits per heavy atom. The van der Waals surface area contributed by atoms with Gasteiger partial charge in [0.25, 0.3) is 6.71 Å². The van der Waals surface area contributed by atoms with Gasteiger partial charge < -0.3 is 9.80 Å². The Balaban J connectivity index is 0.889. The number of hydrogen-bond donors (Lipinski definition) is 0. The predicted octanol–water partition coefficient (Wildman–Crippen LogP) is 26.8. The highest BCUT2D eigenvalue weighted by Crippen LogP contribution is 2.56. The fraction of sp³-hybridized carbons (Fsp3) is 0.0385. The molecule has 20 aromatic rings. The van der Waals surface area contributed by atoms with Crippen LogP contribution in [0.1, 0.15) is 26.3 Å². The van der Waals surface area contributed by atoms with Gasteiger partial charge in [-0.15, -0.1) is 0 Å². The van der Waals surface area contributed by atoms with Crippen molar-refractivity contribution in [3.63, 3.8) is 0 Å². The normalized spacial score (nSPS) is 12.8. The molecule has 0 radical (unpaired) electrons. The molecule has 0 N–H and O–H groups in total. The van der Waals surface area contributed by atoms with E-state index in [9.17, 15) is 0 Å². The van der Waals surface area contributed by atoms with Gasteiger partial charge in [0.05, 0.1) is 11.4 Å². The van der Waals surface area contributed by atoms with Crippen LogP contribution in [0.5, 0.6) is 0 Å². The summed E-state index contributed by atoms with van der Waals surface area (Å²) in [7, 11) is 0. The standard InChI is InChI=1S/C104H69BN2/c1-104(2,3)74-52-48-64(49-53-74)73-62-95-101-96(63-73)107(103-79(67-28-12-6-13-29-67)38-21-39-80(103)68-30-14-7-15-31-68)94-61-72(76-55-57-90-86-43-19-35-70-33-17-41-84(98(70)86)88-47-23-45-82(76)100(88)90)51-59-92(94)105(101)91-58-50-71(75-54-56-89-85-42-18-34-69-32-16-40-83(97(69)85)87-46-22-44-81(75)99(87)89)60-93(91)106(95)102-77(65-24-8-4-9-25-65)36-20-37-78(102)66-26-10-5-11-27-66/h4-63H,1-3H3. The van der Waals surface area contributed by atoms with Crippen molar-refractivity contribution in [2.24, 2.45) is 0 Å². The van der Waals surface area contributed by atoms with E-state index in [1.54, 1.807) is 0 Å². The Kier molecular flexibility index (Phi) is 13.5. The molecule has 3 heteroatoms. The molecule has 0 aromatic heterocycles. The molecule has 2 aliphatic heterocycles. The first kappa shape index (κ1) is 61.2. The van der Waals surface area contributed by atoms with E-state index in [2.05, 4.69) is 395 Å². The van der Waals surface area contributed by atoms with Crippen molar-refractivity contribution in [3.05, 3.63) is 370 Å². The minimum Gasteiger partial charge on any atom is -0.310 e. The van der Waals surface area contributed by atoms with Gasteiger partial charge in [-0.3, -0.25) is 0 Å². The largest absolute Gasteiger partial charge is 0.310 e. The second kappa shape index (κ2) is 23.6. The number of benzene rings is 20. The van der Waals surface area contributed by atoms with Crippen LogP contribution in [0.25, 0.3) is 164 Å². The fourth-order valence-corrected chi connectivity index (χ4v) is 18.9. The van der Waals surface area contributed by atoms with Crippen LogP contribution in [0.2, 0.25) is 0 Å². The summed E-state index contributed by atoms with van der Waals surface area (Å²) in [5.74, 6) is 0. The molecule has 0 spiro atoms. The van der Waals surface area contributed by atoms with Crippen molar-refractivity contribution in [2.45, 2.75) is 26.2 Å². The van der Waals surface area contributed by atoms with Crippen molar-refractivity contribution in [3.8, 4) is 77.9 Å². The van der Waals surface area contributed by atoms with Gasteiger partial charge in [-0.2, -0.15) is 0 Å². The van der Waals surface area contributed by atoms with E-state index in [0.717, 1.165) is 101 Å². The van der Waals surface area contributed by atoms with Crippen LogP contribution in [0.4, 0.5) is 34.1 Å². The van der Waals surface area contributed by atoms with Gasteiger partial charge in [-0.05, 0) is 193 Å². The maximum Gasteiger partial charge on any atom is 0.252 e. The number of fused-ring (bicyclic) bond motifs is 8. The lowest BCUT2D eigenvalue weighted by molar-refractivity contribution is 0.590. The van der Waals surface area contributed by atoms with Gasteiger partial charge in [0.2, 0.25) is 0 Å². The second-order valence-corrected chi connectivity index (χ2v) is 30.5. The lowest BCUT2D eigenvalue weighted by atomic mass is 9.33. The molecule has 0 unspecified atom stereocenters. The predicted molar refractivity (Wildman–Crippen MR) is 460 cm³/mol. The average Bonchev–Trinajstić information content (AvgIpc) is 0.691. The summed E-state index contributed by atoms with van der Waals surface area (Å²) in [5.41, 5.74) is 27.9. The third kappa shape index (κ3) is 9.27. The molecule has 2 nitrogen and oxygen atoms in total. The first-order chi connectivity index (χ1) is 52.8. The van der Waals surface area contributed by atoms with Gasteiger partial charge in [0.15, 0.2) is 0 Å². The van der Waals surface area contributed by atoms with Crippen LogP contribution in [0.3, 0.4) is 0 Å². The van der Waals surface area contributed by atoms with Crippen molar-refractivity contribution in [2.75, 3.05) is 9.80 Å². The molecule has 0 atom stereocenters. The summed E-state index contributed by atoms with van der Waals surface area (Å²) in [6.45, 7) is 6.70. The van der Waals surface area contributed by atoms with Gasteiger partial charge >= 0.3 is 0 Å². The Morgan fingerprint density at radius 3 is 0.888 bits per heavy atom. The highest BCUT2D eigenvalue weighted by atomic mass is 15.2. The van der Waals surface area contributed by atoms with Crippen molar-refractivity contribution >= 4 is 143 Å². The number of hydrogen-bond acceptors (Lipinski definition) is 2. The average molecular weight is 1360 g/mol. The number of nitrogens with zero attached hydrogens (tertiary/aromatic N) is 2. The zero-order chi connectivity index (χ0) is 70.8. The molecule has 0 amide bonds. The third-order valence-electron chi connectivity index (χ3n) is 23.7. The zero-order valence-corrected chi connectivity index (χ0v) is 59.6. The summed E-state index contributed by atoms with van der Waals surface area (Å²) in [4.78, 5) is 5.42. The molecule has 498 valence electrons. The summed E-state index contributed by atoms with van der Waals surface area (Å²) in [5, 5.41) is 20.5. The van der Waals surface area contributed by atoms with E-state index in [4.69, 9.17) is 0 Å². The summed E-state index contributed by atoms with van der Waals surface area (Å²) in [6.07, 6.45) is 0. The highest BCUT2D eigenvalue weighted by Gasteiger charge is 2.46. The molecule has 0 aliphatic carbocycles. The Hall–Kier alpha value is -13.3. The molecule has 107 heavy (non-hydrogen) atoms. The lowest BCUT2D eigenvalue weighted by Crippen LogP contribution is -2.61. The van der Waals surface area contributed by atoms with Gasteiger partial charge in [0.1, 0.15) is 0 Å². The minimum absolute atomic E-state index is 0.0561. The first-order valence-electron chi connectivity index (χ1n) is 37.6. The van der Waals surface area contributed by atoms with E-state index in [1.807, 2.05) is 0 Å². The molecule has 0 saturated carbocycles. The van der Waals surface area contributed by atoms with E-state index in [-0.39, 0.29) is 12.1 Å². The lowest BCUT2D eigenvalue weighted by Gasteiger charge is -2.46. The summed E-state index contributed by atoms with van der Waals surface area (Å²) in [6, 6.07) is 139. The maximum absolute atomic E-state index is 2.71. The third-order valence-corrected chi connectivity index (χ3v) is 23.7. The molecular weight excluding hydrogens is 1290 g/mol. The number of para-hydroxylation sites is 2. The van der Waals surface area contributed by atoms with Gasteiger partial charge in [0, 0.05) is 45.0 Å². The zero-order valence-electron chi connectivity index (χ0n) is 59.6. The summed E-state index contributed by atoms with van der Waals surface area (Å²) < 4.78 is 0. The van der Waals surface area contributed by atoms with E-state index >= 15 is 0 Å². The first-order valence-corrected chi connectivity index (χ1v) is 37.6. The van der Waals surface area contributed by atoms with Crippen molar-refractivity contribution in [1.82, 2.24) is 0 Å². The summed E-state index contributed by atoms with van der Waals surface area (Å²) >= 11 is 0. The van der Waals surface area contributed by atoms with E-state index in [1.165, 1.54) is 119 Å². The monoisotopic (exact) mass is 1360 g/mol. The highest BCUT2D eigenvalue weighted by molar-refractivity contribution is 7.00. The molecule has 0 saturated heterocycles.